The van der Waals surface area contributed by atoms with Crippen molar-refractivity contribution in [3.63, 3.8) is 0 Å². The third-order valence-electron chi connectivity index (χ3n) is 3.83. The number of Topliss-reactive ketones (excluding diaryl/α,β-unsaturated/α-hetero) is 1. The molecule has 1 unspecified atom stereocenters. The average Bonchev–Trinajstić information content (AvgIpc) is 2.53. The van der Waals surface area contributed by atoms with Gasteiger partial charge in [0.25, 0.3) is 5.91 Å². The van der Waals surface area contributed by atoms with Gasteiger partial charge in [0.05, 0.1) is 12.2 Å². The lowest BCUT2D eigenvalue weighted by molar-refractivity contribution is -0.128. The number of hydrogen-bond acceptors (Lipinski definition) is 4. The number of benzene rings is 2. The van der Waals surface area contributed by atoms with Gasteiger partial charge < -0.3 is 10.5 Å². The minimum absolute atomic E-state index is 0.0626. The topological polar surface area (TPSA) is 72.6 Å². The highest BCUT2D eigenvalue weighted by Gasteiger charge is 2.35. The third-order valence-corrected chi connectivity index (χ3v) is 3.83. The molecule has 0 spiro atoms. The van der Waals surface area contributed by atoms with Crippen molar-refractivity contribution >= 4 is 23.1 Å². The lowest BCUT2D eigenvalue weighted by Crippen LogP contribution is -2.48. The number of hydrogen-bond donors (Lipinski definition) is 1. The Balaban J connectivity index is 1.96. The van der Waals surface area contributed by atoms with E-state index in [1.807, 2.05) is 0 Å². The highest BCUT2D eigenvalue weighted by molar-refractivity contribution is 6.04. The molecule has 5 nitrogen and oxygen atoms in total. The van der Waals surface area contributed by atoms with Crippen LogP contribution in [0.25, 0.3) is 0 Å². The molecular formula is C18H17FN2O3. The number of ether oxygens (including phenoxy) is 1. The molecule has 0 radical (unpaired) electrons. The molecule has 0 saturated carbocycles. The Morgan fingerprint density at radius 1 is 1.29 bits per heavy atom. The van der Waals surface area contributed by atoms with Crippen LogP contribution in [-0.2, 0) is 16.0 Å². The molecule has 2 aromatic carbocycles. The smallest absolute Gasteiger partial charge is 0.268 e. The summed E-state index contributed by atoms with van der Waals surface area (Å²) < 4.78 is 19.6. The van der Waals surface area contributed by atoms with Crippen molar-refractivity contribution in [3.05, 3.63) is 53.8 Å². The van der Waals surface area contributed by atoms with Crippen molar-refractivity contribution in [1.82, 2.24) is 0 Å². The van der Waals surface area contributed by atoms with Crippen LogP contribution < -0.4 is 15.4 Å². The van der Waals surface area contributed by atoms with Gasteiger partial charge in [0.1, 0.15) is 17.3 Å². The number of carbonyl (C=O) groups is 2. The Kier molecular flexibility index (Phi) is 4.20. The number of nitrogens with two attached hydrogens (primary N) is 1. The first-order chi connectivity index (χ1) is 11.5. The highest BCUT2D eigenvalue weighted by atomic mass is 19.1. The van der Waals surface area contributed by atoms with E-state index < -0.39 is 11.9 Å². The first-order valence-corrected chi connectivity index (χ1v) is 7.56. The van der Waals surface area contributed by atoms with Gasteiger partial charge in [-0.15, -0.1) is 0 Å². The second kappa shape index (κ2) is 6.31. The lowest BCUT2D eigenvalue weighted by atomic mass is 10.0. The summed E-state index contributed by atoms with van der Waals surface area (Å²) in [7, 11) is 0. The molecule has 0 aliphatic carbocycles. The Morgan fingerprint density at radius 2 is 2.04 bits per heavy atom. The van der Waals surface area contributed by atoms with Crippen LogP contribution >= 0.6 is 0 Å². The fourth-order valence-corrected chi connectivity index (χ4v) is 2.72. The number of nitrogens with zero attached hydrogens (tertiary/aromatic N) is 1. The van der Waals surface area contributed by atoms with Gasteiger partial charge in [-0.05, 0) is 30.7 Å². The average molecular weight is 328 g/mol. The van der Waals surface area contributed by atoms with E-state index in [0.717, 1.165) is 0 Å². The number of fused-ring (bicyclic) bond motifs is 1. The summed E-state index contributed by atoms with van der Waals surface area (Å²) in [5.74, 6) is -0.508. The number of halogens is 1. The molecule has 1 aliphatic heterocycles. The Hall–Kier alpha value is -2.89. The SMILES string of the molecule is CC(=O)CN1C(=O)C(Cc2ccccc2F)Oc2cc(N)ccc21. The Labute approximate surface area is 138 Å². The van der Waals surface area contributed by atoms with Gasteiger partial charge in [-0.1, -0.05) is 18.2 Å². The number of anilines is 2. The minimum Gasteiger partial charge on any atom is -0.478 e. The molecule has 0 aromatic heterocycles. The maximum atomic E-state index is 13.9. The molecule has 2 aromatic rings. The van der Waals surface area contributed by atoms with Crippen LogP contribution in [-0.4, -0.2) is 24.3 Å². The lowest BCUT2D eigenvalue weighted by Gasteiger charge is -2.34. The summed E-state index contributed by atoms with van der Waals surface area (Å²) in [6.45, 7) is 1.35. The minimum atomic E-state index is -0.907. The summed E-state index contributed by atoms with van der Waals surface area (Å²) in [6.07, 6.45) is -0.829. The van der Waals surface area contributed by atoms with Crippen molar-refractivity contribution in [2.24, 2.45) is 0 Å². The van der Waals surface area contributed by atoms with Gasteiger partial charge in [-0.3, -0.25) is 14.5 Å². The van der Waals surface area contributed by atoms with Crippen LogP contribution in [0.1, 0.15) is 12.5 Å². The van der Waals surface area contributed by atoms with Crippen LogP contribution in [0.5, 0.6) is 5.75 Å². The second-order valence-electron chi connectivity index (χ2n) is 5.76. The van der Waals surface area contributed by atoms with Crippen LogP contribution in [0.15, 0.2) is 42.5 Å². The summed E-state index contributed by atoms with van der Waals surface area (Å²) in [6, 6.07) is 11.1. The maximum absolute atomic E-state index is 13.9. The molecule has 0 saturated heterocycles. The molecule has 1 heterocycles. The van der Waals surface area contributed by atoms with Gasteiger partial charge in [-0.25, -0.2) is 4.39 Å². The number of rotatable bonds is 4. The molecule has 1 amide bonds. The maximum Gasteiger partial charge on any atom is 0.268 e. The third kappa shape index (κ3) is 3.08. The zero-order valence-electron chi connectivity index (χ0n) is 13.2. The molecule has 0 fully saturated rings. The van der Waals surface area contributed by atoms with E-state index in [9.17, 15) is 14.0 Å². The fourth-order valence-electron chi connectivity index (χ4n) is 2.72. The zero-order chi connectivity index (χ0) is 17.3. The molecule has 6 heteroatoms. The number of amides is 1. The monoisotopic (exact) mass is 328 g/mol. The van der Waals surface area contributed by atoms with E-state index in [0.29, 0.717) is 22.7 Å². The molecule has 1 atom stereocenters. The molecule has 2 N–H and O–H groups in total. The van der Waals surface area contributed by atoms with Crippen LogP contribution in [0.3, 0.4) is 0 Å². The molecule has 24 heavy (non-hydrogen) atoms. The van der Waals surface area contributed by atoms with E-state index in [1.54, 1.807) is 36.4 Å². The predicted octanol–water partition coefficient (Wildman–Crippen LogP) is 2.33. The predicted molar refractivity (Wildman–Crippen MR) is 88.4 cm³/mol. The fraction of sp³-hybridized carbons (Fsp3) is 0.222. The van der Waals surface area contributed by atoms with Crippen molar-refractivity contribution in [2.45, 2.75) is 19.4 Å². The van der Waals surface area contributed by atoms with Crippen molar-refractivity contribution in [3.8, 4) is 5.75 Å². The van der Waals surface area contributed by atoms with E-state index in [4.69, 9.17) is 10.5 Å². The number of ketones is 1. The molecule has 0 bridgehead atoms. The molecule has 1 aliphatic rings. The highest BCUT2D eigenvalue weighted by Crippen LogP contribution is 2.36. The van der Waals surface area contributed by atoms with E-state index in [-0.39, 0.29) is 24.7 Å². The first-order valence-electron chi connectivity index (χ1n) is 7.56. The van der Waals surface area contributed by atoms with Gasteiger partial charge in [0.15, 0.2) is 6.10 Å². The second-order valence-corrected chi connectivity index (χ2v) is 5.76. The van der Waals surface area contributed by atoms with Crippen molar-refractivity contribution in [1.29, 1.82) is 0 Å². The quantitative estimate of drug-likeness (QED) is 0.874. The van der Waals surface area contributed by atoms with Gasteiger partial charge in [0, 0.05) is 18.2 Å². The standard InChI is InChI=1S/C18H17FN2O3/c1-11(22)10-21-15-7-6-13(20)9-16(15)24-17(18(21)23)8-12-4-2-3-5-14(12)19/h2-7,9,17H,8,10,20H2,1H3. The van der Waals surface area contributed by atoms with Crippen molar-refractivity contribution < 1.29 is 18.7 Å². The summed E-state index contributed by atoms with van der Waals surface area (Å²) in [5, 5.41) is 0. The van der Waals surface area contributed by atoms with Crippen LogP contribution in [0, 0.1) is 5.82 Å². The molecule has 124 valence electrons. The molecule has 3 rings (SSSR count). The van der Waals surface area contributed by atoms with E-state index >= 15 is 0 Å². The number of carbonyl (C=O) groups excluding carboxylic acids is 2. The Morgan fingerprint density at radius 3 is 2.75 bits per heavy atom. The van der Waals surface area contributed by atoms with E-state index in [2.05, 4.69) is 0 Å². The Bertz CT molecular complexity index is 807. The van der Waals surface area contributed by atoms with Crippen molar-refractivity contribution in [2.75, 3.05) is 17.2 Å². The zero-order valence-corrected chi connectivity index (χ0v) is 13.2. The first kappa shape index (κ1) is 16.0. The number of nitrogen functional groups attached to an aromatic ring is 1. The normalized spacial score (nSPS) is 16.5. The van der Waals surface area contributed by atoms with Gasteiger partial charge in [0.2, 0.25) is 0 Å². The van der Waals surface area contributed by atoms with E-state index in [1.165, 1.54) is 17.9 Å². The summed E-state index contributed by atoms with van der Waals surface area (Å²) >= 11 is 0. The summed E-state index contributed by atoms with van der Waals surface area (Å²) in [5.41, 5.74) is 7.13. The summed E-state index contributed by atoms with van der Waals surface area (Å²) in [4.78, 5) is 25.6. The van der Waals surface area contributed by atoms with Gasteiger partial charge in [-0.2, -0.15) is 0 Å². The molecular weight excluding hydrogens is 311 g/mol. The largest absolute Gasteiger partial charge is 0.478 e. The van der Waals surface area contributed by atoms with Crippen LogP contribution in [0.2, 0.25) is 0 Å². The van der Waals surface area contributed by atoms with Crippen LogP contribution in [0.4, 0.5) is 15.8 Å². The van der Waals surface area contributed by atoms with Gasteiger partial charge >= 0.3 is 0 Å².